The number of rotatable bonds is 6. The van der Waals surface area contributed by atoms with Crippen LogP contribution in [0, 0.1) is 0 Å². The Morgan fingerprint density at radius 1 is 1.35 bits per heavy atom. The van der Waals surface area contributed by atoms with Gasteiger partial charge in [0.25, 0.3) is 0 Å². The Labute approximate surface area is 120 Å². The van der Waals surface area contributed by atoms with Crippen molar-refractivity contribution in [2.75, 3.05) is 31.4 Å². The van der Waals surface area contributed by atoms with Crippen LogP contribution in [-0.2, 0) is 4.79 Å². The zero-order valence-electron chi connectivity index (χ0n) is 11.2. The van der Waals surface area contributed by atoms with Crippen molar-refractivity contribution >= 4 is 28.1 Å². The lowest BCUT2D eigenvalue weighted by atomic mass is 10.2. The number of aromatic nitrogens is 1. The average Bonchev–Trinajstić information content (AvgIpc) is 2.99. The van der Waals surface area contributed by atoms with Gasteiger partial charge in [-0.3, -0.25) is 4.79 Å². The molecule has 1 heterocycles. The van der Waals surface area contributed by atoms with E-state index in [0.717, 1.165) is 0 Å². The number of benzene rings is 1. The van der Waals surface area contributed by atoms with E-state index in [2.05, 4.69) is 15.6 Å². The summed E-state index contributed by atoms with van der Waals surface area (Å²) in [6.07, 6.45) is 1.68. The van der Waals surface area contributed by atoms with Gasteiger partial charge in [-0.05, 0) is 12.1 Å². The maximum Gasteiger partial charge on any atom is 0.243 e. The Bertz CT molecular complexity index is 572. The lowest BCUT2D eigenvalue weighted by Gasteiger charge is -2.11. The summed E-state index contributed by atoms with van der Waals surface area (Å²) in [5.74, 6) is 1.04. The molecule has 0 fully saturated rings. The van der Waals surface area contributed by atoms with Crippen LogP contribution in [0.3, 0.4) is 0 Å². The zero-order valence-corrected chi connectivity index (χ0v) is 12.0. The SMILES string of the molecule is COc1ccc(NC(=O)CNc2nccs2)c(OC)c1. The minimum Gasteiger partial charge on any atom is -0.497 e. The summed E-state index contributed by atoms with van der Waals surface area (Å²) in [4.78, 5) is 15.9. The molecule has 7 heteroatoms. The number of methoxy groups -OCH3 is 2. The highest BCUT2D eigenvalue weighted by Gasteiger charge is 2.09. The quantitative estimate of drug-likeness (QED) is 0.854. The molecule has 1 aromatic heterocycles. The molecule has 1 amide bonds. The predicted octanol–water partition coefficient (Wildman–Crippen LogP) is 2.21. The Kier molecular flexibility index (Phi) is 4.78. The molecular formula is C13H15N3O3S. The fourth-order valence-electron chi connectivity index (χ4n) is 1.56. The molecule has 0 aliphatic carbocycles. The van der Waals surface area contributed by atoms with Crippen LogP contribution < -0.4 is 20.1 Å². The molecule has 0 aliphatic heterocycles. The third-order valence-corrected chi connectivity index (χ3v) is 3.25. The van der Waals surface area contributed by atoms with E-state index in [1.54, 1.807) is 31.5 Å². The lowest BCUT2D eigenvalue weighted by molar-refractivity contribution is -0.114. The molecule has 6 nitrogen and oxygen atoms in total. The molecule has 20 heavy (non-hydrogen) atoms. The summed E-state index contributed by atoms with van der Waals surface area (Å²) < 4.78 is 10.3. The molecule has 0 unspecified atom stereocenters. The minimum atomic E-state index is -0.177. The third kappa shape index (κ3) is 3.61. The Balaban J connectivity index is 1.96. The molecule has 0 spiro atoms. The highest BCUT2D eigenvalue weighted by molar-refractivity contribution is 7.13. The van der Waals surface area contributed by atoms with Gasteiger partial charge in [-0.1, -0.05) is 0 Å². The van der Waals surface area contributed by atoms with E-state index >= 15 is 0 Å². The first-order valence-electron chi connectivity index (χ1n) is 5.88. The van der Waals surface area contributed by atoms with Crippen molar-refractivity contribution in [3.05, 3.63) is 29.8 Å². The van der Waals surface area contributed by atoms with E-state index < -0.39 is 0 Å². The van der Waals surface area contributed by atoms with E-state index in [0.29, 0.717) is 22.3 Å². The topological polar surface area (TPSA) is 72.5 Å². The molecule has 2 aromatic rings. The van der Waals surface area contributed by atoms with Gasteiger partial charge in [0.05, 0.1) is 26.5 Å². The second-order valence-corrected chi connectivity index (χ2v) is 4.70. The van der Waals surface area contributed by atoms with E-state index in [9.17, 15) is 4.79 Å². The first-order chi connectivity index (χ1) is 9.72. The van der Waals surface area contributed by atoms with Crippen LogP contribution in [0.5, 0.6) is 11.5 Å². The fourth-order valence-corrected chi connectivity index (χ4v) is 2.09. The number of nitrogens with zero attached hydrogens (tertiary/aromatic N) is 1. The fraction of sp³-hybridized carbons (Fsp3) is 0.231. The molecule has 1 aromatic carbocycles. The number of hydrogen-bond donors (Lipinski definition) is 2. The van der Waals surface area contributed by atoms with E-state index in [1.165, 1.54) is 18.4 Å². The zero-order chi connectivity index (χ0) is 14.4. The molecule has 0 bridgehead atoms. The number of carbonyl (C=O) groups excluding carboxylic acids is 1. The summed E-state index contributed by atoms with van der Waals surface area (Å²) in [7, 11) is 3.11. The van der Waals surface area contributed by atoms with E-state index in [4.69, 9.17) is 9.47 Å². The van der Waals surface area contributed by atoms with Crippen LogP contribution in [0.15, 0.2) is 29.8 Å². The first-order valence-corrected chi connectivity index (χ1v) is 6.76. The largest absolute Gasteiger partial charge is 0.497 e. The molecule has 0 aliphatic rings. The molecule has 0 radical (unpaired) electrons. The number of nitrogens with one attached hydrogen (secondary N) is 2. The average molecular weight is 293 g/mol. The minimum absolute atomic E-state index is 0.142. The second-order valence-electron chi connectivity index (χ2n) is 3.81. The van der Waals surface area contributed by atoms with Gasteiger partial charge in [-0.15, -0.1) is 11.3 Å². The maximum atomic E-state index is 11.8. The van der Waals surface area contributed by atoms with E-state index in [1.807, 2.05) is 5.38 Å². The normalized spacial score (nSPS) is 9.90. The molecule has 0 saturated heterocycles. The maximum absolute atomic E-state index is 11.8. The molecule has 106 valence electrons. The van der Waals surface area contributed by atoms with Crippen molar-refractivity contribution in [1.82, 2.24) is 4.98 Å². The highest BCUT2D eigenvalue weighted by atomic mass is 32.1. The Hall–Kier alpha value is -2.28. The number of anilines is 2. The molecule has 2 N–H and O–H groups in total. The molecule has 2 rings (SSSR count). The number of ether oxygens (including phenoxy) is 2. The third-order valence-electron chi connectivity index (χ3n) is 2.52. The Morgan fingerprint density at radius 2 is 2.20 bits per heavy atom. The van der Waals surface area contributed by atoms with Gasteiger partial charge in [0.1, 0.15) is 11.5 Å². The molecule has 0 atom stereocenters. The van der Waals surface area contributed by atoms with Crippen molar-refractivity contribution in [2.24, 2.45) is 0 Å². The summed E-state index contributed by atoms with van der Waals surface area (Å²) in [5, 5.41) is 8.25. The number of thiazole rings is 1. The summed E-state index contributed by atoms with van der Waals surface area (Å²) in [5.41, 5.74) is 0.597. The van der Waals surface area contributed by atoms with Crippen LogP contribution >= 0.6 is 11.3 Å². The van der Waals surface area contributed by atoms with Crippen molar-refractivity contribution in [3.63, 3.8) is 0 Å². The van der Waals surface area contributed by atoms with Crippen LogP contribution in [0.1, 0.15) is 0 Å². The predicted molar refractivity (Wildman–Crippen MR) is 78.8 cm³/mol. The van der Waals surface area contributed by atoms with Crippen molar-refractivity contribution in [3.8, 4) is 11.5 Å². The standard InChI is InChI=1S/C13H15N3O3S/c1-18-9-3-4-10(11(7-9)19-2)16-12(17)8-15-13-14-5-6-20-13/h3-7H,8H2,1-2H3,(H,14,15)(H,16,17). The van der Waals surface area contributed by atoms with Crippen LogP contribution in [0.2, 0.25) is 0 Å². The van der Waals surface area contributed by atoms with Gasteiger partial charge >= 0.3 is 0 Å². The number of hydrogen-bond acceptors (Lipinski definition) is 6. The van der Waals surface area contributed by atoms with Crippen LogP contribution in [-0.4, -0.2) is 31.7 Å². The van der Waals surface area contributed by atoms with Gasteiger partial charge < -0.3 is 20.1 Å². The summed E-state index contributed by atoms with van der Waals surface area (Å²) >= 11 is 1.44. The smallest absolute Gasteiger partial charge is 0.243 e. The van der Waals surface area contributed by atoms with Gasteiger partial charge in [-0.2, -0.15) is 0 Å². The second kappa shape index (κ2) is 6.76. The van der Waals surface area contributed by atoms with Gasteiger partial charge in [0.15, 0.2) is 5.13 Å². The van der Waals surface area contributed by atoms with Crippen LogP contribution in [0.25, 0.3) is 0 Å². The van der Waals surface area contributed by atoms with Crippen LogP contribution in [0.4, 0.5) is 10.8 Å². The van der Waals surface area contributed by atoms with Crippen molar-refractivity contribution in [2.45, 2.75) is 0 Å². The van der Waals surface area contributed by atoms with Crippen molar-refractivity contribution < 1.29 is 14.3 Å². The lowest BCUT2D eigenvalue weighted by Crippen LogP contribution is -2.21. The highest BCUT2D eigenvalue weighted by Crippen LogP contribution is 2.28. The van der Waals surface area contributed by atoms with Gasteiger partial charge in [0, 0.05) is 17.6 Å². The number of carbonyl (C=O) groups is 1. The van der Waals surface area contributed by atoms with E-state index in [-0.39, 0.29) is 12.5 Å². The summed E-state index contributed by atoms with van der Waals surface area (Å²) in [6, 6.07) is 5.20. The summed E-state index contributed by atoms with van der Waals surface area (Å²) in [6.45, 7) is 0.142. The Morgan fingerprint density at radius 3 is 2.85 bits per heavy atom. The number of amides is 1. The molecular weight excluding hydrogens is 278 g/mol. The van der Waals surface area contributed by atoms with Crippen molar-refractivity contribution in [1.29, 1.82) is 0 Å². The molecule has 0 saturated carbocycles. The van der Waals surface area contributed by atoms with Gasteiger partial charge in [-0.25, -0.2) is 4.98 Å². The monoisotopic (exact) mass is 293 g/mol. The first kappa shape index (κ1) is 14.1. The van der Waals surface area contributed by atoms with Gasteiger partial charge in [0.2, 0.25) is 5.91 Å².